The molecule has 0 spiro atoms. The summed E-state index contributed by atoms with van der Waals surface area (Å²) in [5.74, 6) is 0.322. The number of thiophene rings is 1. The first-order valence-electron chi connectivity index (χ1n) is 7.12. The Hall–Kier alpha value is -0.920. The van der Waals surface area contributed by atoms with Crippen LogP contribution in [0.3, 0.4) is 0 Å². The molecule has 1 aromatic rings. The summed E-state index contributed by atoms with van der Waals surface area (Å²) < 4.78 is 5.06. The molecular weight excluding hydrogens is 306 g/mol. The first kappa shape index (κ1) is 16.5. The summed E-state index contributed by atoms with van der Waals surface area (Å²) in [4.78, 5) is 15.7. The van der Waals surface area contributed by atoms with Crippen molar-refractivity contribution in [1.29, 1.82) is 0 Å². The highest BCUT2D eigenvalue weighted by Crippen LogP contribution is 2.42. The first-order valence-corrected chi connectivity index (χ1v) is 9.16. The van der Waals surface area contributed by atoms with Gasteiger partial charge in [-0.05, 0) is 39.1 Å². The van der Waals surface area contributed by atoms with Crippen LogP contribution in [0.1, 0.15) is 23.0 Å². The lowest BCUT2D eigenvalue weighted by Crippen LogP contribution is -2.18. The molecule has 1 saturated heterocycles. The fraction of sp³-hybridized carbons (Fsp3) is 0.643. The predicted molar refractivity (Wildman–Crippen MR) is 90.6 cm³/mol. The van der Waals surface area contributed by atoms with Crippen LogP contribution in [0.25, 0.3) is 0 Å². The Labute approximate surface area is 134 Å². The van der Waals surface area contributed by atoms with Crippen LogP contribution in [-0.4, -0.2) is 50.4 Å². The number of nitrogen functional groups attached to an aromatic ring is 1. The minimum absolute atomic E-state index is 0.330. The molecule has 1 aliphatic heterocycles. The van der Waals surface area contributed by atoms with Crippen molar-refractivity contribution < 1.29 is 9.53 Å². The molecule has 0 aliphatic carbocycles. The van der Waals surface area contributed by atoms with Crippen molar-refractivity contribution in [2.45, 2.75) is 18.2 Å². The van der Waals surface area contributed by atoms with Gasteiger partial charge in [-0.15, -0.1) is 23.1 Å². The molecule has 0 bridgehead atoms. The quantitative estimate of drug-likeness (QED) is 0.618. The number of nitrogens with one attached hydrogen (secondary N) is 1. The molecule has 3 N–H and O–H groups in total. The molecule has 7 heteroatoms. The minimum atomic E-state index is -0.330. The number of carbonyl (C=O) groups excluding carboxylic acids is 1. The number of esters is 1. The lowest BCUT2D eigenvalue weighted by atomic mass is 10.1. The Morgan fingerprint density at radius 3 is 2.95 bits per heavy atom. The van der Waals surface area contributed by atoms with Crippen LogP contribution in [0.2, 0.25) is 0 Å². The first-order chi connectivity index (χ1) is 10.1. The predicted octanol–water partition coefficient (Wildman–Crippen LogP) is 2.59. The van der Waals surface area contributed by atoms with Crippen molar-refractivity contribution >= 4 is 39.8 Å². The second kappa shape index (κ2) is 7.38. The normalized spacial score (nSPS) is 18.9. The van der Waals surface area contributed by atoms with Crippen molar-refractivity contribution in [3.8, 4) is 0 Å². The van der Waals surface area contributed by atoms with Gasteiger partial charge in [-0.1, -0.05) is 0 Å². The maximum atomic E-state index is 11.9. The van der Waals surface area contributed by atoms with E-state index in [1.54, 1.807) is 18.7 Å². The summed E-state index contributed by atoms with van der Waals surface area (Å²) in [6, 6.07) is 0. The molecule has 0 aromatic carbocycles. The highest BCUT2D eigenvalue weighted by atomic mass is 32.2. The van der Waals surface area contributed by atoms with Crippen molar-refractivity contribution in [3.63, 3.8) is 0 Å². The van der Waals surface area contributed by atoms with Gasteiger partial charge in [-0.3, -0.25) is 0 Å². The fourth-order valence-corrected chi connectivity index (χ4v) is 4.46. The molecule has 2 rings (SSSR count). The zero-order valence-electron chi connectivity index (χ0n) is 12.8. The van der Waals surface area contributed by atoms with Gasteiger partial charge in [0.25, 0.3) is 0 Å². The van der Waals surface area contributed by atoms with Gasteiger partial charge in [0.2, 0.25) is 0 Å². The van der Waals surface area contributed by atoms with Gasteiger partial charge in [0.15, 0.2) is 0 Å². The molecule has 21 heavy (non-hydrogen) atoms. The lowest BCUT2D eigenvalue weighted by molar-refractivity contribution is 0.0533. The van der Waals surface area contributed by atoms with Gasteiger partial charge in [-0.25, -0.2) is 4.79 Å². The van der Waals surface area contributed by atoms with E-state index in [9.17, 15) is 4.79 Å². The monoisotopic (exact) mass is 329 g/mol. The number of nitrogens with zero attached hydrogens (tertiary/aromatic N) is 1. The van der Waals surface area contributed by atoms with Gasteiger partial charge < -0.3 is 20.7 Å². The number of likely N-dealkylation sites (tertiary alicyclic amines) is 1. The van der Waals surface area contributed by atoms with E-state index in [4.69, 9.17) is 10.5 Å². The Kier molecular flexibility index (Phi) is 5.78. The number of thioether (sulfide) groups is 1. The zero-order valence-corrected chi connectivity index (χ0v) is 14.4. The molecule has 0 radical (unpaired) electrons. The topological polar surface area (TPSA) is 67.6 Å². The molecule has 2 heterocycles. The van der Waals surface area contributed by atoms with Crippen LogP contribution in [0, 0.1) is 5.92 Å². The third-order valence-electron chi connectivity index (χ3n) is 3.60. The van der Waals surface area contributed by atoms with Crippen molar-refractivity contribution in [1.82, 2.24) is 4.90 Å². The summed E-state index contributed by atoms with van der Waals surface area (Å²) in [6.07, 6.45) is 3.19. The van der Waals surface area contributed by atoms with Gasteiger partial charge in [0.1, 0.15) is 9.88 Å². The number of hydrogen-bond donors (Lipinski definition) is 2. The van der Waals surface area contributed by atoms with Crippen LogP contribution in [-0.2, 0) is 4.74 Å². The number of rotatable bonds is 6. The zero-order chi connectivity index (χ0) is 15.4. The number of hydrogen-bond acceptors (Lipinski definition) is 7. The van der Waals surface area contributed by atoms with E-state index in [1.807, 2.05) is 6.26 Å². The van der Waals surface area contributed by atoms with Gasteiger partial charge in [0, 0.05) is 13.1 Å². The average Bonchev–Trinajstić information content (AvgIpc) is 3.00. The van der Waals surface area contributed by atoms with E-state index >= 15 is 0 Å². The van der Waals surface area contributed by atoms with Crippen LogP contribution in [0.15, 0.2) is 4.90 Å². The summed E-state index contributed by atoms with van der Waals surface area (Å²) in [5.41, 5.74) is 6.63. The Balaban J connectivity index is 2.07. The molecule has 1 atom stereocenters. The summed E-state index contributed by atoms with van der Waals surface area (Å²) in [5, 5.41) is 4.45. The number of anilines is 2. The molecule has 5 nitrogen and oxygen atoms in total. The van der Waals surface area contributed by atoms with Crippen LogP contribution in [0.4, 0.5) is 10.7 Å². The number of nitrogens with two attached hydrogens (primary N) is 1. The Bertz CT molecular complexity index is 505. The summed E-state index contributed by atoms with van der Waals surface area (Å²) >= 11 is 2.96. The number of carbonyl (C=O) groups is 1. The lowest BCUT2D eigenvalue weighted by Gasteiger charge is -2.12. The highest BCUT2D eigenvalue weighted by molar-refractivity contribution is 7.99. The average molecular weight is 329 g/mol. The smallest absolute Gasteiger partial charge is 0.350 e. The van der Waals surface area contributed by atoms with E-state index in [0.29, 0.717) is 23.1 Å². The van der Waals surface area contributed by atoms with E-state index in [0.717, 1.165) is 29.5 Å². The maximum Gasteiger partial charge on any atom is 0.350 e. The molecular formula is C14H23N3O2S2. The van der Waals surface area contributed by atoms with Gasteiger partial charge in [0.05, 0.1) is 17.2 Å². The van der Waals surface area contributed by atoms with Crippen molar-refractivity contribution in [2.75, 3.05) is 50.6 Å². The third-order valence-corrected chi connectivity index (χ3v) is 5.71. The van der Waals surface area contributed by atoms with Crippen LogP contribution >= 0.6 is 23.1 Å². The Morgan fingerprint density at radius 2 is 2.38 bits per heavy atom. The molecule has 118 valence electrons. The van der Waals surface area contributed by atoms with Crippen molar-refractivity contribution in [3.05, 3.63) is 4.88 Å². The SMILES string of the molecule is CCOC(=O)c1sc(NCC2CCN(C)C2)c(SC)c1N. The van der Waals surface area contributed by atoms with Gasteiger partial charge in [-0.2, -0.15) is 0 Å². The van der Waals surface area contributed by atoms with Gasteiger partial charge >= 0.3 is 5.97 Å². The molecule has 0 saturated carbocycles. The van der Waals surface area contributed by atoms with E-state index in [1.165, 1.54) is 17.8 Å². The molecule has 1 aromatic heterocycles. The van der Waals surface area contributed by atoms with Crippen LogP contribution in [0.5, 0.6) is 0 Å². The molecule has 1 unspecified atom stereocenters. The Morgan fingerprint density at radius 1 is 1.62 bits per heavy atom. The summed E-state index contributed by atoms with van der Waals surface area (Å²) in [7, 11) is 2.15. The van der Waals surface area contributed by atoms with E-state index in [-0.39, 0.29) is 5.97 Å². The van der Waals surface area contributed by atoms with Crippen molar-refractivity contribution in [2.24, 2.45) is 5.92 Å². The van der Waals surface area contributed by atoms with E-state index in [2.05, 4.69) is 17.3 Å². The molecule has 1 fully saturated rings. The molecule has 0 amide bonds. The second-order valence-corrected chi connectivity index (χ2v) is 7.06. The second-order valence-electron chi connectivity index (χ2n) is 5.23. The fourth-order valence-electron chi connectivity index (χ4n) is 2.53. The minimum Gasteiger partial charge on any atom is -0.462 e. The highest BCUT2D eigenvalue weighted by Gasteiger charge is 2.23. The maximum absolute atomic E-state index is 11.9. The molecule has 1 aliphatic rings. The summed E-state index contributed by atoms with van der Waals surface area (Å²) in [6.45, 7) is 5.35. The third kappa shape index (κ3) is 3.84. The number of ether oxygens (including phenoxy) is 1. The van der Waals surface area contributed by atoms with E-state index < -0.39 is 0 Å². The largest absolute Gasteiger partial charge is 0.462 e. The standard InChI is InChI=1S/C14H23N3O2S2/c1-4-19-14(18)12-10(15)11(20-3)13(21-12)16-7-9-5-6-17(2)8-9/h9,16H,4-8,15H2,1-3H3. The van der Waals surface area contributed by atoms with Crippen LogP contribution < -0.4 is 11.1 Å².